The Balaban J connectivity index is 0.550. The highest BCUT2D eigenvalue weighted by molar-refractivity contribution is 5.87. The molecule has 1 aromatic rings. The number of allylic oxidation sites excluding steroid dienone is 2. The van der Waals surface area contributed by atoms with E-state index >= 15 is 4.79 Å². The summed E-state index contributed by atoms with van der Waals surface area (Å²) in [7, 11) is 1.29. The van der Waals surface area contributed by atoms with Gasteiger partial charge in [0.1, 0.15) is 208 Å². The van der Waals surface area contributed by atoms with Gasteiger partial charge in [-0.05, 0) is 148 Å². The van der Waals surface area contributed by atoms with Crippen molar-refractivity contribution in [3.63, 3.8) is 0 Å². The summed E-state index contributed by atoms with van der Waals surface area (Å²) >= 11 is 0. The standard InChI is InChI=1S/C98H152O52/c1-35-54(106)62(114)69(121)82(134-35)131-31-47-58(110)64(116)71(123)87(141-47)148-79-61(113)44(27-99)137-91(81(79)144-53(105)16-12-38-11-14-43(129-10)41(103)25-38)146-77-46(29-101)139-86(74(126)67(77)119)140-49-33-133-84(68(120)60(49)112)147-78-56(108)37(3)136-89(75(78)127)149-80-57(109)42(104)30-130-90(80)143-52-18-19-94(6)50(95(52,7)34-102)17-20-97(9)51(94)15-13-39-40-26-93(4,5)21-23-98(40,24-22-96(39,97)8)92(128)150-88-72(124)65(117)59(111)48(142-88)32-132-83-73(125)66(118)76(45(28-100)138-83)145-85-70(122)63(115)55(107)36(2)135-85/h11-14,16,25,35-37,40,42,44-52,54-91,99-104,106-127H,15,17-24,26-34H2,1-10H3/b16-12+/t35-,36-,37-,40-,42-,44+,45+,46+,47+,48+,49+,50?,51+,52?,54-,55-,56-,57-,58+,59+,60+,61+,62+,63+,64-,65-,66+,67+,68+,69+,70+,71+,72+,73+,74+,75+,76+,77+,78+,79-,80+,81+,82+,83+,84-,85-,86-,87-,88-,89-,90-,91-,94-,95-,96+,97+,98-/m0/s1. The fourth-order valence-corrected chi connectivity index (χ4v) is 25.7. The van der Waals surface area contributed by atoms with E-state index in [1.54, 1.807) is 0 Å². The van der Waals surface area contributed by atoms with Crippen molar-refractivity contribution in [1.29, 1.82) is 0 Å². The van der Waals surface area contributed by atoms with Crippen LogP contribution in [0.1, 0.15) is 132 Å². The summed E-state index contributed by atoms with van der Waals surface area (Å²) in [4.78, 5) is 29.5. The van der Waals surface area contributed by atoms with Crippen LogP contribution in [0, 0.1) is 50.2 Å². The number of carbonyl (C=O) groups is 2. The lowest BCUT2D eigenvalue weighted by molar-refractivity contribution is -0.391. The van der Waals surface area contributed by atoms with Crippen LogP contribution >= 0.6 is 0 Å². The van der Waals surface area contributed by atoms with Crippen molar-refractivity contribution in [2.45, 2.75) is 427 Å². The predicted molar refractivity (Wildman–Crippen MR) is 491 cm³/mol. The second-order valence-electron chi connectivity index (χ2n) is 44.8. The summed E-state index contributed by atoms with van der Waals surface area (Å²) in [5.74, 6) is -2.94. The van der Waals surface area contributed by atoms with Gasteiger partial charge in [-0.15, -0.1) is 0 Å². The van der Waals surface area contributed by atoms with Gasteiger partial charge >= 0.3 is 11.9 Å². The molecular weight excluding hydrogens is 2010 g/mol. The smallest absolute Gasteiger partial charge is 0.331 e. The van der Waals surface area contributed by atoms with E-state index in [1.807, 2.05) is 6.92 Å². The molecule has 0 radical (unpaired) electrons. The second kappa shape index (κ2) is 47.0. The molecule has 15 aliphatic rings. The van der Waals surface area contributed by atoms with Gasteiger partial charge in [0.2, 0.25) is 6.29 Å². The molecule has 28 N–H and O–H groups in total. The van der Waals surface area contributed by atoms with Crippen molar-refractivity contribution in [2.75, 3.05) is 60.0 Å². The van der Waals surface area contributed by atoms with Crippen molar-refractivity contribution >= 4 is 18.0 Å². The van der Waals surface area contributed by atoms with Crippen LogP contribution in [0.25, 0.3) is 6.08 Å². The Morgan fingerprint density at radius 3 is 1.50 bits per heavy atom. The molecule has 5 aliphatic carbocycles. The quantitative estimate of drug-likeness (QED) is 0.0147. The van der Waals surface area contributed by atoms with Crippen LogP contribution in [0.2, 0.25) is 0 Å². The highest BCUT2D eigenvalue weighted by Crippen LogP contribution is 2.76. The van der Waals surface area contributed by atoms with E-state index in [4.69, 9.17) is 104 Å². The zero-order valence-corrected chi connectivity index (χ0v) is 84.5. The Bertz CT molecular complexity index is 4680. The van der Waals surface area contributed by atoms with E-state index in [2.05, 4.69) is 40.7 Å². The van der Waals surface area contributed by atoms with E-state index in [1.165, 1.54) is 46.1 Å². The monoisotopic (exact) mass is 2160 g/mol. The summed E-state index contributed by atoms with van der Waals surface area (Å²) in [6.07, 6.45) is -79.9. The van der Waals surface area contributed by atoms with Crippen LogP contribution in [-0.2, 0) is 109 Å². The number of methoxy groups -OCH3 is 1. The van der Waals surface area contributed by atoms with Gasteiger partial charge in [-0.25, -0.2) is 4.79 Å². The van der Waals surface area contributed by atoms with Crippen LogP contribution in [0.15, 0.2) is 35.9 Å². The predicted octanol–water partition coefficient (Wildman–Crippen LogP) is -9.78. The largest absolute Gasteiger partial charge is 0.504 e. The number of rotatable bonds is 30. The van der Waals surface area contributed by atoms with Crippen LogP contribution in [0.3, 0.4) is 0 Å². The number of phenols is 1. The summed E-state index contributed by atoms with van der Waals surface area (Å²) < 4.78 is 131. The Kier molecular flexibility index (Phi) is 36.9. The second-order valence-corrected chi connectivity index (χ2v) is 44.8. The number of aliphatic hydroxyl groups excluding tert-OH is 27. The fourth-order valence-electron chi connectivity index (χ4n) is 25.7. The third kappa shape index (κ3) is 22.3. The number of fused-ring (bicyclic) bond motifs is 7. The van der Waals surface area contributed by atoms with Crippen LogP contribution in [-0.4, -0.2) is 516 Å². The van der Waals surface area contributed by atoms with Gasteiger partial charge in [0.25, 0.3) is 0 Å². The van der Waals surface area contributed by atoms with Gasteiger partial charge in [0.05, 0.1) is 89.8 Å². The number of aromatic hydroxyl groups is 1. The number of hydrogen-bond acceptors (Lipinski definition) is 52. The van der Waals surface area contributed by atoms with E-state index in [0.29, 0.717) is 64.2 Å². The average molecular weight is 2160 g/mol. The number of carbonyl (C=O) groups excluding carboxylic acids is 2. The molecule has 150 heavy (non-hydrogen) atoms. The SMILES string of the molecule is COc1ccc(/C=C/C(=O)O[C@H]2[C@H](O[C@H]3[C@H](O)[C@@H](O)[C@H](O[C@@H]4CO[C@@H](O[C@@H]5[C@@H](O)[C@H](C)O[C@@H](O[C@H]6[C@H](OC7CC[C@@]8(C)C(CC[C@]9(C)[C@@H]8CC=C8[C@@H]%10CC(C)(C)CC[C@]%10(C(=O)O[C@@H]%10O[C@H](CO[C@@H]%11O[C@H](CO)[C@@H](O[C@@H]%12O[C@@H](C)[C@H](O)[C@@H](O)[C@H]%12O)[C@H](O)[C@H]%11O)[C@@H](O)[C@H](O)[C@H]%10O)CC[C@]89C)[C@]7(C)CO)OC[C@H](O)[C@@H]6O)[C@@H]5O)[C@H](O)[C@@H]4O)O[C@@H]3CO)O[C@H](CO)[C@@H](O)[C@@H]2O[C@@H]2O[C@H](CO[C@@H]3O[C@@H](C)[C@H](O)[C@@H](O)[C@H]3O)[C@@H](O)[C@H](O)[C@H]2O)cc1O. The lowest BCUT2D eigenvalue weighted by Crippen LogP contribution is -2.68. The summed E-state index contributed by atoms with van der Waals surface area (Å²) in [5.41, 5.74) is -2.70. The number of benzene rings is 1. The molecule has 2 unspecified atom stereocenters. The number of esters is 2. The number of phenolic OH excluding ortho intramolecular Hbond substituents is 1. The molecule has 4 saturated carbocycles. The van der Waals surface area contributed by atoms with E-state index in [0.717, 1.165) is 17.7 Å². The topological polar surface area (TPSA) is 804 Å². The van der Waals surface area contributed by atoms with Gasteiger partial charge in [0.15, 0.2) is 74.2 Å². The number of ether oxygens (including phenoxy) is 22. The summed E-state index contributed by atoms with van der Waals surface area (Å²) in [6, 6.07) is 4.01. The van der Waals surface area contributed by atoms with Gasteiger partial charge in [-0.1, -0.05) is 59.3 Å². The van der Waals surface area contributed by atoms with Crippen LogP contribution in [0.5, 0.6) is 11.5 Å². The molecule has 14 fully saturated rings. The van der Waals surface area contributed by atoms with E-state index < -0.39 is 399 Å². The molecule has 10 saturated heterocycles. The highest BCUT2D eigenvalue weighted by atomic mass is 16.8. The lowest BCUT2D eigenvalue weighted by Gasteiger charge is -2.71. The molecule has 856 valence electrons. The first-order chi connectivity index (χ1) is 70.8. The molecule has 1 aromatic carbocycles. The molecular formula is C98H152O52. The van der Waals surface area contributed by atoms with E-state index in [9.17, 15) is 148 Å². The Morgan fingerprint density at radius 1 is 0.407 bits per heavy atom. The van der Waals surface area contributed by atoms with Gasteiger partial charge in [-0.2, -0.15) is 0 Å². The normalized spacial score (nSPS) is 51.5. The number of aliphatic hydroxyl groups is 27. The van der Waals surface area contributed by atoms with Gasteiger partial charge in [0, 0.05) is 11.5 Å². The first-order valence-electron chi connectivity index (χ1n) is 51.3. The van der Waals surface area contributed by atoms with E-state index in [-0.39, 0.29) is 34.3 Å². The van der Waals surface area contributed by atoms with Crippen molar-refractivity contribution in [2.24, 2.45) is 50.2 Å². The average Bonchev–Trinajstić information content (AvgIpc) is 0.671. The van der Waals surface area contributed by atoms with Crippen LogP contribution in [0.4, 0.5) is 0 Å². The molecule has 10 heterocycles. The lowest BCUT2D eigenvalue weighted by atomic mass is 9.33. The molecule has 0 aromatic heterocycles. The molecule has 0 spiro atoms. The maximum Gasteiger partial charge on any atom is 0.331 e. The van der Waals surface area contributed by atoms with Gasteiger partial charge in [-0.3, -0.25) is 4.79 Å². The van der Waals surface area contributed by atoms with Gasteiger partial charge < -0.3 is 247 Å². The Morgan fingerprint density at radius 2 is 0.893 bits per heavy atom. The highest BCUT2D eigenvalue weighted by Gasteiger charge is 2.72. The first-order valence-corrected chi connectivity index (χ1v) is 51.3. The molecule has 0 bridgehead atoms. The third-order valence-corrected chi connectivity index (χ3v) is 35.2. The van der Waals surface area contributed by atoms with Crippen molar-refractivity contribution in [3.8, 4) is 11.5 Å². The summed E-state index contributed by atoms with van der Waals surface area (Å²) in [6.45, 7) is 10.9. The van der Waals surface area contributed by atoms with Crippen molar-refractivity contribution in [3.05, 3.63) is 41.5 Å². The maximum atomic E-state index is 15.5. The third-order valence-electron chi connectivity index (χ3n) is 35.2. The number of hydrogen-bond donors (Lipinski definition) is 28. The molecule has 0 amide bonds. The molecule has 52 heteroatoms. The van der Waals surface area contributed by atoms with Crippen LogP contribution < -0.4 is 4.74 Å². The first kappa shape index (κ1) is 118. The fraction of sp³-hybridized carbons (Fsp3) is 0.878. The Labute approximate surface area is 862 Å². The molecule has 52 nitrogen and oxygen atoms in total. The van der Waals surface area contributed by atoms with Crippen molar-refractivity contribution < 1.29 is 257 Å². The minimum Gasteiger partial charge on any atom is -0.504 e. The zero-order valence-electron chi connectivity index (χ0n) is 84.5. The molecule has 16 rings (SSSR count). The molecule has 10 aliphatic heterocycles. The molecule has 57 atom stereocenters. The maximum absolute atomic E-state index is 15.5. The minimum atomic E-state index is -2.28. The zero-order chi connectivity index (χ0) is 109. The van der Waals surface area contributed by atoms with Crippen molar-refractivity contribution in [1.82, 2.24) is 0 Å². The minimum absolute atomic E-state index is 0.0300. The Hall–Kier alpha value is -4.60. The summed E-state index contributed by atoms with van der Waals surface area (Å²) in [5, 5.41) is 314.